The van der Waals surface area contributed by atoms with Crippen molar-refractivity contribution in [2.75, 3.05) is 18.6 Å². The number of carbonyl (C=O) groups excluding carboxylic acids is 3. The van der Waals surface area contributed by atoms with Gasteiger partial charge in [-0.3, -0.25) is 20.2 Å². The van der Waals surface area contributed by atoms with E-state index in [0.29, 0.717) is 6.54 Å². The molecular weight excluding hydrogens is 410 g/mol. The molecule has 0 radical (unpaired) electrons. The summed E-state index contributed by atoms with van der Waals surface area (Å²) in [6, 6.07) is 12.6. The van der Waals surface area contributed by atoms with E-state index in [1.54, 1.807) is 7.11 Å². The van der Waals surface area contributed by atoms with Crippen molar-refractivity contribution in [1.29, 1.82) is 0 Å². The summed E-state index contributed by atoms with van der Waals surface area (Å²) in [6.07, 6.45) is -0.272. The van der Waals surface area contributed by atoms with Crippen LogP contribution in [0.2, 0.25) is 0 Å². The zero-order chi connectivity index (χ0) is 22.6. The third-order valence-electron chi connectivity index (χ3n) is 6.74. The second-order valence-corrected chi connectivity index (χ2v) is 8.71. The van der Waals surface area contributed by atoms with E-state index in [-0.39, 0.29) is 18.6 Å². The molecule has 2 N–H and O–H groups in total. The Morgan fingerprint density at radius 1 is 1.00 bits per heavy atom. The van der Waals surface area contributed by atoms with Gasteiger partial charge in [0.25, 0.3) is 0 Å². The van der Waals surface area contributed by atoms with Gasteiger partial charge in [0.2, 0.25) is 11.8 Å². The van der Waals surface area contributed by atoms with Gasteiger partial charge in [-0.1, -0.05) is 24.3 Å². The molecule has 2 fully saturated rings. The number of amides is 4. The summed E-state index contributed by atoms with van der Waals surface area (Å²) >= 11 is 0. The zero-order valence-electron chi connectivity index (χ0n) is 18.2. The van der Waals surface area contributed by atoms with Crippen molar-refractivity contribution in [3.05, 3.63) is 48.0 Å². The van der Waals surface area contributed by atoms with Crippen molar-refractivity contribution >= 4 is 23.5 Å². The van der Waals surface area contributed by atoms with Crippen LogP contribution in [0.4, 0.5) is 10.5 Å². The molecule has 32 heavy (non-hydrogen) atoms. The summed E-state index contributed by atoms with van der Waals surface area (Å²) in [5, 5.41) is 4.62. The summed E-state index contributed by atoms with van der Waals surface area (Å²) in [5.74, 6) is -0.360. The summed E-state index contributed by atoms with van der Waals surface area (Å²) in [4.78, 5) is 40.2. The van der Waals surface area contributed by atoms with Crippen molar-refractivity contribution in [2.24, 2.45) is 5.41 Å². The van der Waals surface area contributed by atoms with Crippen LogP contribution < -0.4 is 20.3 Å². The third-order valence-corrected chi connectivity index (χ3v) is 6.74. The minimum atomic E-state index is -1.44. The van der Waals surface area contributed by atoms with Crippen LogP contribution in [0.25, 0.3) is 11.1 Å². The van der Waals surface area contributed by atoms with Crippen LogP contribution in [0.3, 0.4) is 0 Å². The standard InChI is InChI=1S/C24H25N3O5/c1-13-12-27-19-10-16(15-6-8-18(31-3)9-7-15)4-5-17(19)11-24(20(27)14(2)32-13)21(28)25-23(30)26-22(24)29/h4-10,13-14,20H,11-12H2,1-3H3,(H2,25,26,28,29,30). The van der Waals surface area contributed by atoms with Crippen LogP contribution >= 0.6 is 0 Å². The van der Waals surface area contributed by atoms with E-state index in [9.17, 15) is 14.4 Å². The second kappa shape index (κ2) is 7.34. The van der Waals surface area contributed by atoms with Crippen molar-refractivity contribution in [2.45, 2.75) is 38.5 Å². The molecule has 2 aromatic carbocycles. The maximum absolute atomic E-state index is 13.1. The predicted molar refractivity (Wildman–Crippen MR) is 117 cm³/mol. The van der Waals surface area contributed by atoms with E-state index in [2.05, 4.69) is 21.6 Å². The number of hydrogen-bond acceptors (Lipinski definition) is 6. The largest absolute Gasteiger partial charge is 0.497 e. The second-order valence-electron chi connectivity index (χ2n) is 8.71. The van der Waals surface area contributed by atoms with Gasteiger partial charge in [0.15, 0.2) is 5.41 Å². The Morgan fingerprint density at radius 2 is 1.66 bits per heavy atom. The highest BCUT2D eigenvalue weighted by molar-refractivity contribution is 6.20. The number of anilines is 1. The van der Waals surface area contributed by atoms with Crippen LogP contribution in [-0.4, -0.2) is 49.7 Å². The van der Waals surface area contributed by atoms with Gasteiger partial charge in [-0.2, -0.15) is 0 Å². The van der Waals surface area contributed by atoms with Crippen molar-refractivity contribution < 1.29 is 23.9 Å². The lowest BCUT2D eigenvalue weighted by Crippen LogP contribution is -2.75. The van der Waals surface area contributed by atoms with Gasteiger partial charge in [-0.05, 0) is 55.2 Å². The number of fused-ring (bicyclic) bond motifs is 4. The molecule has 0 bridgehead atoms. The monoisotopic (exact) mass is 435 g/mol. The predicted octanol–water partition coefficient (Wildman–Crippen LogP) is 2.25. The summed E-state index contributed by atoms with van der Waals surface area (Å²) in [7, 11) is 1.63. The first-order chi connectivity index (χ1) is 15.3. The first kappa shape index (κ1) is 20.5. The normalized spacial score (nSPS) is 26.2. The molecule has 1 spiro atoms. The van der Waals surface area contributed by atoms with Gasteiger partial charge >= 0.3 is 6.03 Å². The lowest BCUT2D eigenvalue weighted by Gasteiger charge is -2.55. The van der Waals surface area contributed by atoms with Crippen molar-refractivity contribution in [3.8, 4) is 16.9 Å². The summed E-state index contributed by atoms with van der Waals surface area (Å²) in [6.45, 7) is 4.39. The van der Waals surface area contributed by atoms with Gasteiger partial charge in [0.1, 0.15) is 5.75 Å². The fraction of sp³-hybridized carbons (Fsp3) is 0.375. The molecule has 0 aromatic heterocycles. The zero-order valence-corrected chi connectivity index (χ0v) is 18.2. The molecule has 8 heteroatoms. The molecule has 3 atom stereocenters. The molecule has 4 amide bonds. The van der Waals surface area contributed by atoms with E-state index in [4.69, 9.17) is 9.47 Å². The molecular formula is C24H25N3O5. The number of rotatable bonds is 2. The Kier molecular flexibility index (Phi) is 4.70. The van der Waals surface area contributed by atoms with Crippen molar-refractivity contribution in [1.82, 2.24) is 10.6 Å². The average Bonchev–Trinajstić information content (AvgIpc) is 2.77. The van der Waals surface area contributed by atoms with E-state index in [1.165, 1.54) is 0 Å². The number of ether oxygens (including phenoxy) is 2. The molecule has 3 unspecified atom stereocenters. The van der Waals surface area contributed by atoms with E-state index in [1.807, 2.05) is 50.2 Å². The van der Waals surface area contributed by atoms with Crippen LogP contribution in [-0.2, 0) is 20.7 Å². The Bertz CT molecular complexity index is 1090. The number of morpholine rings is 1. The number of nitrogens with zero attached hydrogens (tertiary/aromatic N) is 1. The van der Waals surface area contributed by atoms with Gasteiger partial charge < -0.3 is 14.4 Å². The molecule has 0 aliphatic carbocycles. The minimum Gasteiger partial charge on any atom is -0.497 e. The van der Waals surface area contributed by atoms with E-state index in [0.717, 1.165) is 28.1 Å². The number of methoxy groups -OCH3 is 1. The number of carbonyl (C=O) groups is 3. The number of hydrogen-bond donors (Lipinski definition) is 2. The van der Waals surface area contributed by atoms with E-state index >= 15 is 0 Å². The molecule has 8 nitrogen and oxygen atoms in total. The van der Waals surface area contributed by atoms with Gasteiger partial charge in [0.05, 0.1) is 25.4 Å². The van der Waals surface area contributed by atoms with Crippen LogP contribution in [0, 0.1) is 5.41 Å². The molecule has 166 valence electrons. The Morgan fingerprint density at radius 3 is 2.31 bits per heavy atom. The van der Waals surface area contributed by atoms with Crippen LogP contribution in [0.1, 0.15) is 19.4 Å². The molecule has 0 saturated carbocycles. The fourth-order valence-electron chi connectivity index (χ4n) is 5.38. The molecule has 2 saturated heterocycles. The molecule has 3 heterocycles. The average molecular weight is 435 g/mol. The molecule has 3 aliphatic rings. The first-order valence-electron chi connectivity index (χ1n) is 10.7. The lowest BCUT2D eigenvalue weighted by molar-refractivity contribution is -0.153. The highest BCUT2D eigenvalue weighted by Crippen LogP contribution is 2.47. The Labute approximate surface area is 185 Å². The quantitative estimate of drug-likeness (QED) is 0.703. The first-order valence-corrected chi connectivity index (χ1v) is 10.7. The van der Waals surface area contributed by atoms with Gasteiger partial charge in [0, 0.05) is 12.2 Å². The Hall–Kier alpha value is -3.39. The number of benzene rings is 2. The highest BCUT2D eigenvalue weighted by Gasteiger charge is 2.62. The number of imide groups is 2. The molecule has 3 aliphatic heterocycles. The van der Waals surface area contributed by atoms with Crippen LogP contribution in [0.15, 0.2) is 42.5 Å². The maximum Gasteiger partial charge on any atom is 0.328 e. The van der Waals surface area contributed by atoms with E-state index < -0.39 is 29.3 Å². The molecule has 2 aromatic rings. The smallest absolute Gasteiger partial charge is 0.328 e. The number of nitrogens with one attached hydrogen (secondary N) is 2. The molecule has 5 rings (SSSR count). The van der Waals surface area contributed by atoms with Crippen LogP contribution in [0.5, 0.6) is 5.75 Å². The van der Waals surface area contributed by atoms with Crippen molar-refractivity contribution in [3.63, 3.8) is 0 Å². The highest BCUT2D eigenvalue weighted by atomic mass is 16.5. The maximum atomic E-state index is 13.1. The SMILES string of the molecule is COc1ccc(-c2ccc3c(c2)N2CC(C)OC(C)C2C2(C3)C(=O)NC(=O)NC2=O)cc1. The Balaban J connectivity index is 1.63. The number of barbiturate groups is 1. The van der Waals surface area contributed by atoms with Gasteiger partial charge in [-0.25, -0.2) is 4.79 Å². The third kappa shape index (κ3) is 2.97. The summed E-state index contributed by atoms with van der Waals surface area (Å²) in [5.41, 5.74) is 2.49. The minimum absolute atomic E-state index is 0.0785. The summed E-state index contributed by atoms with van der Waals surface area (Å²) < 4.78 is 11.3. The fourth-order valence-corrected chi connectivity index (χ4v) is 5.38. The van der Waals surface area contributed by atoms with Gasteiger partial charge in [-0.15, -0.1) is 0 Å². The topological polar surface area (TPSA) is 97.0 Å². The number of urea groups is 1. The lowest BCUT2D eigenvalue weighted by atomic mass is 9.66.